The second kappa shape index (κ2) is 7.64. The Morgan fingerprint density at radius 2 is 1.47 bits per heavy atom. The number of rotatable bonds is 3. The van der Waals surface area contributed by atoms with Gasteiger partial charge in [0.25, 0.3) is 0 Å². The van der Waals surface area contributed by atoms with Crippen LogP contribution in [-0.4, -0.2) is 6.61 Å². The molecule has 0 radical (unpaired) electrons. The van der Waals surface area contributed by atoms with E-state index in [9.17, 15) is 4.39 Å². The highest BCUT2D eigenvalue weighted by Gasteiger charge is 2.24. The molecule has 1 heterocycles. The molecular formula is C28H21FO. The Hall–Kier alpha value is -3.65. The number of hydrogen-bond acceptors (Lipinski definition) is 1. The van der Waals surface area contributed by atoms with Gasteiger partial charge in [0.15, 0.2) is 0 Å². The van der Waals surface area contributed by atoms with Crippen LogP contribution in [0.1, 0.15) is 22.3 Å². The Balaban J connectivity index is 1.74. The predicted octanol–water partition coefficient (Wildman–Crippen LogP) is 7.15. The van der Waals surface area contributed by atoms with Gasteiger partial charge in [-0.2, -0.15) is 0 Å². The molecule has 1 nitrogen and oxygen atoms in total. The van der Waals surface area contributed by atoms with E-state index in [2.05, 4.69) is 36.4 Å². The summed E-state index contributed by atoms with van der Waals surface area (Å²) < 4.78 is 20.0. The molecule has 0 N–H and O–H groups in total. The van der Waals surface area contributed by atoms with Gasteiger partial charge in [0.05, 0.1) is 0 Å². The first kappa shape index (κ1) is 18.4. The number of ether oxygens (including phenoxy) is 1. The summed E-state index contributed by atoms with van der Waals surface area (Å²) in [6, 6.07) is 32.3. The molecule has 1 aliphatic heterocycles. The molecule has 2 heteroatoms. The van der Waals surface area contributed by atoms with Gasteiger partial charge in [0.2, 0.25) is 0 Å². The maximum atomic E-state index is 14.0. The highest BCUT2D eigenvalue weighted by molar-refractivity contribution is 6.01. The van der Waals surface area contributed by atoms with E-state index in [1.54, 1.807) is 13.0 Å². The van der Waals surface area contributed by atoms with Gasteiger partial charge in [-0.1, -0.05) is 72.8 Å². The number of benzene rings is 4. The van der Waals surface area contributed by atoms with Crippen molar-refractivity contribution >= 4 is 11.1 Å². The van der Waals surface area contributed by atoms with E-state index in [1.165, 1.54) is 5.56 Å². The molecular weight excluding hydrogens is 371 g/mol. The summed E-state index contributed by atoms with van der Waals surface area (Å²) in [7, 11) is 0. The third-order valence-electron chi connectivity index (χ3n) is 5.59. The lowest BCUT2D eigenvalue weighted by molar-refractivity contribution is 0.388. The smallest absolute Gasteiger partial charge is 0.127 e. The largest absolute Gasteiger partial charge is 0.488 e. The fraction of sp³-hybridized carbons (Fsp3) is 0.0714. The fourth-order valence-electron chi connectivity index (χ4n) is 4.06. The monoisotopic (exact) mass is 392 g/mol. The Morgan fingerprint density at radius 3 is 2.20 bits per heavy atom. The summed E-state index contributed by atoms with van der Waals surface area (Å²) in [5.74, 6) is 0.697. The minimum Gasteiger partial charge on any atom is -0.488 e. The highest BCUT2D eigenvalue weighted by Crippen LogP contribution is 2.42. The van der Waals surface area contributed by atoms with Crippen molar-refractivity contribution in [2.24, 2.45) is 0 Å². The minimum atomic E-state index is -0.189. The molecule has 0 spiro atoms. The quantitative estimate of drug-likeness (QED) is 0.360. The van der Waals surface area contributed by atoms with Crippen molar-refractivity contribution in [3.63, 3.8) is 0 Å². The van der Waals surface area contributed by atoms with Crippen molar-refractivity contribution in [3.05, 3.63) is 125 Å². The Kier molecular flexibility index (Phi) is 4.68. The summed E-state index contributed by atoms with van der Waals surface area (Å²) in [5.41, 5.74) is 8.36. The van der Waals surface area contributed by atoms with Crippen molar-refractivity contribution in [2.45, 2.75) is 6.92 Å². The lowest BCUT2D eigenvalue weighted by atomic mass is 9.89. The zero-order valence-corrected chi connectivity index (χ0v) is 16.7. The van der Waals surface area contributed by atoms with E-state index in [4.69, 9.17) is 4.74 Å². The summed E-state index contributed by atoms with van der Waals surface area (Å²) in [4.78, 5) is 0. The zero-order valence-electron chi connectivity index (χ0n) is 16.7. The molecule has 0 fully saturated rings. The molecule has 0 atom stereocenters. The molecule has 0 aliphatic carbocycles. The second-order valence-electron chi connectivity index (χ2n) is 7.55. The summed E-state index contributed by atoms with van der Waals surface area (Å²) >= 11 is 0. The number of halogens is 1. The molecule has 0 bridgehead atoms. The van der Waals surface area contributed by atoms with E-state index in [0.29, 0.717) is 12.2 Å². The van der Waals surface area contributed by atoms with Gasteiger partial charge < -0.3 is 4.74 Å². The van der Waals surface area contributed by atoms with Crippen LogP contribution in [-0.2, 0) is 0 Å². The third-order valence-corrected chi connectivity index (χ3v) is 5.59. The van der Waals surface area contributed by atoms with Gasteiger partial charge in [0, 0.05) is 11.1 Å². The standard InChI is InChI=1S/C28H21FO/c1-19-16-23(12-14-26(19)29)28(21-10-6-3-7-11-21)25-18-30-27-15-13-22(17-24(25)27)20-8-4-2-5-9-20/h2-17H,18H2,1H3/b28-25-. The van der Waals surface area contributed by atoms with E-state index in [1.807, 2.05) is 54.6 Å². The number of hydrogen-bond donors (Lipinski definition) is 0. The Morgan fingerprint density at radius 1 is 0.733 bits per heavy atom. The molecule has 0 saturated carbocycles. The molecule has 146 valence electrons. The SMILES string of the molecule is Cc1cc(/C(=C2/COc3ccc(-c4ccccc4)cc32)c2ccccc2)ccc1F. The van der Waals surface area contributed by atoms with Crippen LogP contribution < -0.4 is 4.74 Å². The van der Waals surface area contributed by atoms with Crippen LogP contribution in [0.3, 0.4) is 0 Å². The molecule has 1 aliphatic rings. The second-order valence-corrected chi connectivity index (χ2v) is 7.55. The number of fused-ring (bicyclic) bond motifs is 1. The first-order valence-electron chi connectivity index (χ1n) is 10.1. The van der Waals surface area contributed by atoms with Crippen LogP contribution in [0.2, 0.25) is 0 Å². The average Bonchev–Trinajstić information content (AvgIpc) is 3.21. The lowest BCUT2D eigenvalue weighted by Crippen LogP contribution is -1.98. The number of aryl methyl sites for hydroxylation is 1. The van der Waals surface area contributed by atoms with E-state index >= 15 is 0 Å². The first-order chi connectivity index (χ1) is 14.7. The Labute approximate surface area is 176 Å². The minimum absolute atomic E-state index is 0.189. The zero-order chi connectivity index (χ0) is 20.5. The van der Waals surface area contributed by atoms with Crippen LogP contribution in [0, 0.1) is 12.7 Å². The first-order valence-corrected chi connectivity index (χ1v) is 10.1. The molecule has 4 aromatic rings. The van der Waals surface area contributed by atoms with E-state index in [-0.39, 0.29) is 5.82 Å². The van der Waals surface area contributed by atoms with Crippen LogP contribution in [0.25, 0.3) is 22.3 Å². The van der Waals surface area contributed by atoms with Crippen molar-refractivity contribution < 1.29 is 9.13 Å². The topological polar surface area (TPSA) is 9.23 Å². The van der Waals surface area contributed by atoms with Crippen molar-refractivity contribution in [1.82, 2.24) is 0 Å². The van der Waals surface area contributed by atoms with Gasteiger partial charge in [-0.15, -0.1) is 0 Å². The molecule has 5 rings (SSSR count). The predicted molar refractivity (Wildman–Crippen MR) is 121 cm³/mol. The van der Waals surface area contributed by atoms with Crippen molar-refractivity contribution in [1.29, 1.82) is 0 Å². The van der Waals surface area contributed by atoms with Gasteiger partial charge in [-0.05, 0) is 64.6 Å². The molecule has 0 amide bonds. The summed E-state index contributed by atoms with van der Waals surface area (Å²) in [6.45, 7) is 2.30. The fourth-order valence-corrected chi connectivity index (χ4v) is 4.06. The molecule has 4 aromatic carbocycles. The van der Waals surface area contributed by atoms with Gasteiger partial charge in [0.1, 0.15) is 18.2 Å². The molecule has 30 heavy (non-hydrogen) atoms. The molecule has 0 aromatic heterocycles. The van der Waals surface area contributed by atoms with Crippen LogP contribution in [0.4, 0.5) is 4.39 Å². The molecule has 0 unspecified atom stereocenters. The van der Waals surface area contributed by atoms with Crippen molar-refractivity contribution in [2.75, 3.05) is 6.61 Å². The van der Waals surface area contributed by atoms with Gasteiger partial charge in [-0.3, -0.25) is 0 Å². The van der Waals surface area contributed by atoms with E-state index < -0.39 is 0 Å². The maximum Gasteiger partial charge on any atom is 0.127 e. The maximum absolute atomic E-state index is 14.0. The normalized spacial score (nSPS) is 14.2. The van der Waals surface area contributed by atoms with Crippen LogP contribution in [0.5, 0.6) is 5.75 Å². The van der Waals surface area contributed by atoms with Gasteiger partial charge >= 0.3 is 0 Å². The van der Waals surface area contributed by atoms with E-state index in [0.717, 1.165) is 39.1 Å². The van der Waals surface area contributed by atoms with Gasteiger partial charge in [-0.25, -0.2) is 4.39 Å². The average molecular weight is 392 g/mol. The lowest BCUT2D eigenvalue weighted by Gasteiger charge is -2.14. The van der Waals surface area contributed by atoms with Crippen LogP contribution >= 0.6 is 0 Å². The van der Waals surface area contributed by atoms with Crippen molar-refractivity contribution in [3.8, 4) is 16.9 Å². The summed E-state index contributed by atoms with van der Waals surface area (Å²) in [6.07, 6.45) is 0. The third kappa shape index (κ3) is 3.31. The summed E-state index contributed by atoms with van der Waals surface area (Å²) in [5, 5.41) is 0. The van der Waals surface area contributed by atoms with Crippen LogP contribution in [0.15, 0.2) is 97.1 Å². The molecule has 0 saturated heterocycles. The highest BCUT2D eigenvalue weighted by atomic mass is 19.1. The Bertz CT molecular complexity index is 1240.